The second-order valence-electron chi connectivity index (χ2n) is 11.2. The first-order chi connectivity index (χ1) is 18.7. The third-order valence-corrected chi connectivity index (χ3v) is 8.07. The predicted molar refractivity (Wildman–Crippen MR) is 154 cm³/mol. The Morgan fingerprint density at radius 3 is 2.05 bits per heavy atom. The van der Waals surface area contributed by atoms with Gasteiger partial charge in [0.2, 0.25) is 0 Å². The lowest BCUT2D eigenvalue weighted by atomic mass is 9.77. The molecule has 5 rings (SSSR count). The van der Waals surface area contributed by atoms with Crippen molar-refractivity contribution in [2.45, 2.75) is 51.2 Å². The fraction of sp³-hybridized carbons (Fsp3) is 0.344. The summed E-state index contributed by atoms with van der Waals surface area (Å²) in [5.41, 5.74) is 6.52. The zero-order valence-corrected chi connectivity index (χ0v) is 23.1. The maximum Gasteiger partial charge on any atom is 0.492 e. The molecule has 0 unspecified atom stereocenters. The zero-order valence-electron chi connectivity index (χ0n) is 23.1. The van der Waals surface area contributed by atoms with Gasteiger partial charge in [0.15, 0.2) is 0 Å². The molecule has 0 saturated carbocycles. The van der Waals surface area contributed by atoms with Crippen molar-refractivity contribution in [2.24, 2.45) is 0 Å². The minimum atomic E-state index is -0.610. The molecule has 1 amide bonds. The number of amides is 1. The maximum atomic E-state index is 12.9. The molecule has 0 atom stereocenters. The first-order valence-corrected chi connectivity index (χ1v) is 13.5. The molecule has 2 aliphatic rings. The van der Waals surface area contributed by atoms with E-state index in [1.165, 1.54) is 22.3 Å². The average molecular weight is 525 g/mol. The number of ether oxygens (including phenoxy) is 1. The standard InChI is InChI=1S/C32H36BNO5/c1-31(2)32(3,4)39-33(38-31)24(19-23-15-13-22(14-16-23)17-18-35)20-34-30(36)37-21-29-27-11-7-5-9-25(27)26-10-6-8-12-28(26)29/h5-16,19,29,35H,17-18,20-21H2,1-4H3,(H,34,36). The molecule has 1 aliphatic carbocycles. The van der Waals surface area contributed by atoms with Crippen molar-refractivity contribution in [3.8, 4) is 11.1 Å². The Bertz CT molecular complexity index is 1300. The second-order valence-corrected chi connectivity index (χ2v) is 11.2. The molecule has 3 aromatic rings. The molecule has 2 N–H and O–H groups in total. The Morgan fingerprint density at radius 1 is 0.923 bits per heavy atom. The van der Waals surface area contributed by atoms with Crippen LogP contribution in [0.15, 0.2) is 78.3 Å². The van der Waals surface area contributed by atoms with E-state index < -0.39 is 24.4 Å². The minimum absolute atomic E-state index is 0.00121. The number of rotatable bonds is 8. The monoisotopic (exact) mass is 525 g/mol. The summed E-state index contributed by atoms with van der Waals surface area (Å²) in [6.07, 6.45) is 2.10. The minimum Gasteiger partial charge on any atom is -0.449 e. The van der Waals surface area contributed by atoms with Gasteiger partial charge in [0.1, 0.15) is 6.61 Å². The van der Waals surface area contributed by atoms with Crippen molar-refractivity contribution in [2.75, 3.05) is 19.8 Å². The van der Waals surface area contributed by atoms with Crippen LogP contribution in [0.25, 0.3) is 17.2 Å². The topological polar surface area (TPSA) is 77.0 Å². The van der Waals surface area contributed by atoms with E-state index in [-0.39, 0.29) is 25.7 Å². The van der Waals surface area contributed by atoms with Crippen LogP contribution in [-0.2, 0) is 20.5 Å². The Balaban J connectivity index is 1.29. The summed E-state index contributed by atoms with van der Waals surface area (Å²) in [5, 5.41) is 12.1. The molecule has 1 fully saturated rings. The molecule has 1 heterocycles. The van der Waals surface area contributed by atoms with Crippen LogP contribution in [0.3, 0.4) is 0 Å². The van der Waals surface area contributed by atoms with Crippen molar-refractivity contribution in [3.05, 3.63) is 101 Å². The number of alkyl carbamates (subject to hydrolysis) is 1. The first kappa shape index (κ1) is 27.2. The third-order valence-electron chi connectivity index (χ3n) is 8.07. The number of benzene rings is 3. The van der Waals surface area contributed by atoms with Crippen molar-refractivity contribution in [1.29, 1.82) is 0 Å². The van der Waals surface area contributed by atoms with Gasteiger partial charge in [-0.15, -0.1) is 0 Å². The number of aliphatic hydroxyl groups excluding tert-OH is 1. The molecule has 39 heavy (non-hydrogen) atoms. The number of hydrogen-bond acceptors (Lipinski definition) is 5. The van der Waals surface area contributed by atoms with Gasteiger partial charge in [-0.25, -0.2) is 4.79 Å². The van der Waals surface area contributed by atoms with Crippen LogP contribution in [0.5, 0.6) is 0 Å². The molecular formula is C32H36BNO5. The van der Waals surface area contributed by atoms with Crippen molar-refractivity contribution >= 4 is 19.3 Å². The van der Waals surface area contributed by atoms with Crippen LogP contribution in [0.2, 0.25) is 0 Å². The van der Waals surface area contributed by atoms with E-state index >= 15 is 0 Å². The highest BCUT2D eigenvalue weighted by Gasteiger charge is 2.52. The van der Waals surface area contributed by atoms with Gasteiger partial charge in [0.05, 0.1) is 11.2 Å². The fourth-order valence-corrected chi connectivity index (χ4v) is 5.14. The molecule has 7 heteroatoms. The Labute approximate surface area is 231 Å². The summed E-state index contributed by atoms with van der Waals surface area (Å²) in [7, 11) is -0.610. The van der Waals surface area contributed by atoms with Crippen LogP contribution in [0.1, 0.15) is 55.9 Å². The fourth-order valence-electron chi connectivity index (χ4n) is 5.14. The highest BCUT2D eigenvalue weighted by atomic mass is 16.7. The molecule has 0 aromatic heterocycles. The molecular weight excluding hydrogens is 489 g/mol. The lowest BCUT2D eigenvalue weighted by Crippen LogP contribution is -2.41. The van der Waals surface area contributed by atoms with Gasteiger partial charge in [-0.2, -0.15) is 0 Å². The first-order valence-electron chi connectivity index (χ1n) is 13.5. The molecule has 1 saturated heterocycles. The van der Waals surface area contributed by atoms with E-state index in [0.717, 1.165) is 16.6 Å². The Morgan fingerprint density at radius 2 is 1.49 bits per heavy atom. The van der Waals surface area contributed by atoms with Crippen LogP contribution in [0.4, 0.5) is 4.79 Å². The predicted octanol–water partition coefficient (Wildman–Crippen LogP) is 5.77. The Kier molecular flexibility index (Phi) is 7.67. The number of nitrogens with one attached hydrogen (secondary N) is 1. The Hall–Kier alpha value is -3.39. The van der Waals surface area contributed by atoms with E-state index in [0.29, 0.717) is 6.42 Å². The van der Waals surface area contributed by atoms with Gasteiger partial charge < -0.3 is 24.5 Å². The maximum absolute atomic E-state index is 12.9. The van der Waals surface area contributed by atoms with E-state index in [2.05, 4.69) is 29.6 Å². The third kappa shape index (κ3) is 5.67. The van der Waals surface area contributed by atoms with Crippen molar-refractivity contribution in [3.63, 3.8) is 0 Å². The summed E-state index contributed by atoms with van der Waals surface area (Å²) in [6, 6.07) is 24.5. The number of carbonyl (C=O) groups is 1. The number of carbonyl (C=O) groups excluding carboxylic acids is 1. The SMILES string of the molecule is CC1(C)OB(C(=Cc2ccc(CCO)cc2)CNC(=O)OCC2c3ccccc3-c3ccccc32)OC1(C)C. The normalized spacial score (nSPS) is 17.6. The smallest absolute Gasteiger partial charge is 0.449 e. The number of aliphatic hydroxyl groups is 1. The summed E-state index contributed by atoms with van der Waals surface area (Å²) in [5.74, 6) is -0.00121. The highest BCUT2D eigenvalue weighted by Crippen LogP contribution is 2.44. The zero-order chi connectivity index (χ0) is 27.6. The van der Waals surface area contributed by atoms with Gasteiger partial charge in [0, 0.05) is 19.1 Å². The summed E-state index contributed by atoms with van der Waals surface area (Å²) < 4.78 is 18.3. The van der Waals surface area contributed by atoms with Crippen LogP contribution in [0, 0.1) is 0 Å². The van der Waals surface area contributed by atoms with Crippen molar-refractivity contribution < 1.29 is 23.9 Å². The molecule has 6 nitrogen and oxygen atoms in total. The second kappa shape index (κ2) is 11.0. The van der Waals surface area contributed by atoms with Gasteiger partial charge in [-0.3, -0.25) is 0 Å². The molecule has 0 radical (unpaired) electrons. The summed E-state index contributed by atoms with van der Waals surface area (Å²) >= 11 is 0. The van der Waals surface area contributed by atoms with Crippen molar-refractivity contribution in [1.82, 2.24) is 5.32 Å². The summed E-state index contributed by atoms with van der Waals surface area (Å²) in [4.78, 5) is 12.9. The number of fused-ring (bicyclic) bond motifs is 3. The lowest BCUT2D eigenvalue weighted by molar-refractivity contribution is 0.00578. The largest absolute Gasteiger partial charge is 0.492 e. The van der Waals surface area contributed by atoms with Gasteiger partial charge >= 0.3 is 13.2 Å². The van der Waals surface area contributed by atoms with Crippen LogP contribution >= 0.6 is 0 Å². The van der Waals surface area contributed by atoms with Gasteiger partial charge in [-0.05, 0) is 73.0 Å². The van der Waals surface area contributed by atoms with Gasteiger partial charge in [-0.1, -0.05) is 78.9 Å². The molecule has 202 valence electrons. The number of hydrogen-bond donors (Lipinski definition) is 2. The highest BCUT2D eigenvalue weighted by molar-refractivity contribution is 6.56. The van der Waals surface area contributed by atoms with E-state index in [9.17, 15) is 9.90 Å². The average Bonchev–Trinajstić information content (AvgIpc) is 3.35. The van der Waals surface area contributed by atoms with Gasteiger partial charge in [0.25, 0.3) is 0 Å². The van der Waals surface area contributed by atoms with E-state index in [4.69, 9.17) is 14.0 Å². The quantitative estimate of drug-likeness (QED) is 0.365. The van der Waals surface area contributed by atoms with E-state index in [1.807, 2.05) is 82.3 Å². The van der Waals surface area contributed by atoms with E-state index in [1.54, 1.807) is 0 Å². The van der Waals surface area contributed by atoms with Crippen LogP contribution < -0.4 is 5.32 Å². The lowest BCUT2D eigenvalue weighted by Gasteiger charge is -2.32. The molecule has 3 aromatic carbocycles. The molecule has 0 bridgehead atoms. The molecule has 1 aliphatic heterocycles. The molecule has 0 spiro atoms. The summed E-state index contributed by atoms with van der Waals surface area (Å²) in [6.45, 7) is 8.60. The van der Waals surface area contributed by atoms with Crippen LogP contribution in [-0.4, -0.2) is 49.3 Å².